The van der Waals surface area contributed by atoms with E-state index in [1.165, 1.54) is 0 Å². The summed E-state index contributed by atoms with van der Waals surface area (Å²) in [6.45, 7) is 7.63. The summed E-state index contributed by atoms with van der Waals surface area (Å²) in [5.74, 6) is 0.283. The fourth-order valence-electron chi connectivity index (χ4n) is 4.41. The minimum Gasteiger partial charge on any atom is -0.354 e. The number of hydrogen-bond donors (Lipinski definition) is 1. The van der Waals surface area contributed by atoms with Crippen LogP contribution in [0.25, 0.3) is 10.9 Å². The molecule has 32 heavy (non-hydrogen) atoms. The van der Waals surface area contributed by atoms with Gasteiger partial charge >= 0.3 is 0 Å². The lowest BCUT2D eigenvalue weighted by molar-refractivity contribution is -0.132. The zero-order valence-electron chi connectivity index (χ0n) is 18.9. The van der Waals surface area contributed by atoms with Crippen LogP contribution >= 0.6 is 11.6 Å². The first-order valence-corrected chi connectivity index (χ1v) is 11.6. The molecule has 4 rings (SSSR count). The maximum absolute atomic E-state index is 13.7. The molecule has 0 aliphatic carbocycles. The molecule has 0 unspecified atom stereocenters. The highest BCUT2D eigenvalue weighted by Gasteiger charge is 2.47. The van der Waals surface area contributed by atoms with E-state index < -0.39 is 5.54 Å². The number of carbonyl (C=O) groups excluding carboxylic acids is 2. The van der Waals surface area contributed by atoms with Gasteiger partial charge in [-0.1, -0.05) is 55.8 Å². The largest absolute Gasteiger partial charge is 0.354 e. The lowest BCUT2D eigenvalue weighted by Crippen LogP contribution is -2.64. The molecular weight excluding hydrogens is 422 g/mol. The van der Waals surface area contributed by atoms with E-state index in [0.29, 0.717) is 42.7 Å². The Balaban J connectivity index is 1.67. The predicted octanol–water partition coefficient (Wildman–Crippen LogP) is 4.91. The summed E-state index contributed by atoms with van der Waals surface area (Å²) in [7, 11) is 0. The molecule has 1 N–H and O–H groups in total. The second kappa shape index (κ2) is 8.99. The van der Waals surface area contributed by atoms with Crippen LogP contribution in [-0.2, 0) is 17.8 Å². The van der Waals surface area contributed by atoms with Crippen molar-refractivity contribution in [2.24, 2.45) is 5.92 Å². The molecule has 0 spiro atoms. The summed E-state index contributed by atoms with van der Waals surface area (Å²) < 4.78 is 2.00. The van der Waals surface area contributed by atoms with Crippen LogP contribution in [0.15, 0.2) is 54.6 Å². The maximum Gasteiger partial charge on any atom is 0.271 e. The first-order valence-electron chi connectivity index (χ1n) is 11.2. The fourth-order valence-corrected chi connectivity index (χ4v) is 4.54. The number of nitrogens with zero attached hydrogens (tertiary/aromatic N) is 2. The molecule has 1 atom stereocenters. The summed E-state index contributed by atoms with van der Waals surface area (Å²) in [4.78, 5) is 28.9. The van der Waals surface area contributed by atoms with Crippen molar-refractivity contribution < 1.29 is 9.59 Å². The van der Waals surface area contributed by atoms with E-state index in [-0.39, 0.29) is 11.8 Å². The molecule has 3 aromatic rings. The molecule has 6 heteroatoms. The van der Waals surface area contributed by atoms with Crippen LogP contribution < -0.4 is 5.32 Å². The van der Waals surface area contributed by atoms with Crippen molar-refractivity contribution in [3.63, 3.8) is 0 Å². The molecule has 0 fully saturated rings. The molecule has 168 valence electrons. The number of halogens is 1. The van der Waals surface area contributed by atoms with Crippen LogP contribution in [-0.4, -0.2) is 39.9 Å². The second-order valence-corrected chi connectivity index (χ2v) is 9.66. The monoisotopic (exact) mass is 451 g/mol. The number of para-hydroxylation sites is 1. The van der Waals surface area contributed by atoms with Crippen LogP contribution in [0, 0.1) is 5.92 Å². The van der Waals surface area contributed by atoms with Gasteiger partial charge in [0.25, 0.3) is 5.91 Å². The lowest BCUT2D eigenvalue weighted by Gasteiger charge is -2.44. The van der Waals surface area contributed by atoms with Crippen molar-refractivity contribution in [1.29, 1.82) is 0 Å². The van der Waals surface area contributed by atoms with E-state index in [0.717, 1.165) is 22.9 Å². The number of nitrogens with one attached hydrogen (secondary N) is 1. The van der Waals surface area contributed by atoms with Gasteiger partial charge in [-0.05, 0) is 55.5 Å². The molecule has 1 aromatic heterocycles. The summed E-state index contributed by atoms with van der Waals surface area (Å²) >= 11 is 6.02. The van der Waals surface area contributed by atoms with Crippen molar-refractivity contribution in [3.8, 4) is 0 Å². The van der Waals surface area contributed by atoms with Gasteiger partial charge in [0.05, 0.1) is 6.54 Å². The van der Waals surface area contributed by atoms with E-state index in [1.54, 1.807) is 4.90 Å². The predicted molar refractivity (Wildman–Crippen MR) is 129 cm³/mol. The van der Waals surface area contributed by atoms with E-state index in [1.807, 2.05) is 66.1 Å². The molecule has 2 aromatic carbocycles. The highest BCUT2D eigenvalue weighted by atomic mass is 35.5. The lowest BCUT2D eigenvalue weighted by atomic mass is 9.93. The number of aromatic nitrogens is 1. The second-order valence-electron chi connectivity index (χ2n) is 9.22. The third-order valence-electron chi connectivity index (χ3n) is 6.37. The van der Waals surface area contributed by atoms with Gasteiger partial charge in [0.15, 0.2) is 0 Å². The molecule has 5 nitrogen and oxygen atoms in total. The van der Waals surface area contributed by atoms with Crippen LogP contribution in [0.5, 0.6) is 0 Å². The number of hydrogen-bond acceptors (Lipinski definition) is 2. The van der Waals surface area contributed by atoms with Crippen LogP contribution in [0.4, 0.5) is 0 Å². The normalized spacial score (nSPS) is 18.3. The van der Waals surface area contributed by atoms with Crippen molar-refractivity contribution >= 4 is 34.3 Å². The Labute approximate surface area is 194 Å². The minimum absolute atomic E-state index is 0.106. The van der Waals surface area contributed by atoms with Crippen molar-refractivity contribution in [2.75, 3.05) is 13.1 Å². The Bertz CT molecular complexity index is 1140. The molecular formula is C26H30ClN3O2. The topological polar surface area (TPSA) is 54.3 Å². The van der Waals surface area contributed by atoms with E-state index >= 15 is 0 Å². The Morgan fingerprint density at radius 2 is 1.88 bits per heavy atom. The number of rotatable bonds is 7. The average Bonchev–Trinajstić information content (AvgIpc) is 3.13. The summed E-state index contributed by atoms with van der Waals surface area (Å²) in [6.07, 6.45) is 1.55. The third kappa shape index (κ3) is 4.26. The van der Waals surface area contributed by atoms with Gasteiger partial charge in [0.1, 0.15) is 11.2 Å². The van der Waals surface area contributed by atoms with E-state index in [2.05, 4.69) is 19.2 Å². The molecule has 0 bridgehead atoms. The Kier molecular flexibility index (Phi) is 6.29. The SMILES string of the molecule is CC(C)CCNC(=O)[C@@]1(C)Cn2c(cc3ccccc32)C(=O)N1CCc1ccc(Cl)cc1. The van der Waals surface area contributed by atoms with Gasteiger partial charge in [0, 0.05) is 29.0 Å². The minimum atomic E-state index is -0.977. The van der Waals surface area contributed by atoms with Gasteiger partial charge < -0.3 is 14.8 Å². The quantitative estimate of drug-likeness (QED) is 0.554. The average molecular weight is 452 g/mol. The number of benzene rings is 2. The Hall–Kier alpha value is -2.79. The van der Waals surface area contributed by atoms with Gasteiger partial charge in [-0.3, -0.25) is 9.59 Å². The molecule has 2 amide bonds. The Morgan fingerprint density at radius 1 is 1.16 bits per heavy atom. The number of fused-ring (bicyclic) bond motifs is 3. The molecule has 0 radical (unpaired) electrons. The zero-order chi connectivity index (χ0) is 22.9. The Morgan fingerprint density at radius 3 is 2.59 bits per heavy atom. The zero-order valence-corrected chi connectivity index (χ0v) is 19.7. The van der Waals surface area contributed by atoms with E-state index in [9.17, 15) is 9.59 Å². The van der Waals surface area contributed by atoms with Crippen molar-refractivity contribution in [2.45, 2.75) is 45.7 Å². The molecule has 1 aliphatic heterocycles. The number of carbonyl (C=O) groups is 2. The molecule has 1 aliphatic rings. The van der Waals surface area contributed by atoms with Crippen molar-refractivity contribution in [1.82, 2.24) is 14.8 Å². The molecule has 0 saturated carbocycles. The molecule has 0 saturated heterocycles. The van der Waals surface area contributed by atoms with Gasteiger partial charge in [0.2, 0.25) is 5.91 Å². The van der Waals surface area contributed by atoms with Gasteiger partial charge in [-0.2, -0.15) is 0 Å². The summed E-state index contributed by atoms with van der Waals surface area (Å²) in [6, 6.07) is 17.5. The first-order chi connectivity index (χ1) is 15.3. The molecule has 2 heterocycles. The van der Waals surface area contributed by atoms with Crippen LogP contribution in [0.3, 0.4) is 0 Å². The maximum atomic E-state index is 13.7. The van der Waals surface area contributed by atoms with Gasteiger partial charge in [-0.25, -0.2) is 0 Å². The standard InChI is InChI=1S/C26H30ClN3O2/c1-18(2)12-14-28-25(32)26(3)17-29-22-7-5-4-6-20(22)16-23(29)24(31)30(26)15-13-19-8-10-21(27)11-9-19/h4-11,16,18H,12-15,17H2,1-3H3,(H,28,32)/t26-/m1/s1. The third-order valence-corrected chi connectivity index (χ3v) is 6.62. The summed E-state index contributed by atoms with van der Waals surface area (Å²) in [5.41, 5.74) is 1.72. The van der Waals surface area contributed by atoms with E-state index in [4.69, 9.17) is 11.6 Å². The highest BCUT2D eigenvalue weighted by molar-refractivity contribution is 6.30. The number of amides is 2. The smallest absolute Gasteiger partial charge is 0.271 e. The highest BCUT2D eigenvalue weighted by Crippen LogP contribution is 2.32. The summed E-state index contributed by atoms with van der Waals surface area (Å²) in [5, 5.41) is 4.78. The van der Waals surface area contributed by atoms with Crippen LogP contribution in [0.2, 0.25) is 5.02 Å². The van der Waals surface area contributed by atoms with Gasteiger partial charge in [-0.15, -0.1) is 0 Å². The first kappa shape index (κ1) is 22.4. The van der Waals surface area contributed by atoms with Crippen LogP contribution in [0.1, 0.15) is 43.2 Å². The fraction of sp³-hybridized carbons (Fsp3) is 0.385. The van der Waals surface area contributed by atoms with Crippen molar-refractivity contribution in [3.05, 3.63) is 70.9 Å².